The smallest absolute Gasteiger partial charge is 0.134 e. The highest BCUT2D eigenvalue weighted by atomic mass is 16.3. The molecule has 1 aliphatic rings. The highest BCUT2D eigenvalue weighted by Crippen LogP contribution is 2.42. The van der Waals surface area contributed by atoms with E-state index in [4.69, 9.17) is 4.42 Å². The maximum Gasteiger partial charge on any atom is 0.134 e. The number of aryl methyl sites for hydroxylation is 1. The Labute approximate surface area is 115 Å². The van der Waals surface area contributed by atoms with Crippen LogP contribution in [0.4, 0.5) is 0 Å². The predicted octanol–water partition coefficient (Wildman–Crippen LogP) is 4.45. The average Bonchev–Trinajstić information content (AvgIpc) is 3.16. The topological polar surface area (TPSA) is 25.2 Å². The fourth-order valence-corrected chi connectivity index (χ4v) is 2.84. The molecule has 0 bridgehead atoms. The summed E-state index contributed by atoms with van der Waals surface area (Å²) in [4.78, 5) is 0. The number of unbranched alkanes of at least 4 members (excludes halogenated alkanes) is 1. The third kappa shape index (κ3) is 2.69. The first-order valence-electron chi connectivity index (χ1n) is 7.51. The van der Waals surface area contributed by atoms with Crippen LogP contribution < -0.4 is 5.32 Å². The summed E-state index contributed by atoms with van der Waals surface area (Å²) in [6.45, 7) is 2.24. The normalized spacial score (nSPS) is 16.9. The van der Waals surface area contributed by atoms with Gasteiger partial charge in [-0.05, 0) is 62.4 Å². The molecule has 2 nitrogen and oxygen atoms in total. The van der Waals surface area contributed by atoms with Crippen molar-refractivity contribution < 1.29 is 4.42 Å². The lowest BCUT2D eigenvalue weighted by atomic mass is 10.1. The quantitative estimate of drug-likeness (QED) is 0.827. The number of hydrogen-bond donors (Lipinski definition) is 1. The van der Waals surface area contributed by atoms with Crippen LogP contribution in [0.3, 0.4) is 0 Å². The highest BCUT2D eigenvalue weighted by molar-refractivity contribution is 5.78. The van der Waals surface area contributed by atoms with E-state index in [0.29, 0.717) is 6.04 Å². The molecule has 2 heteroatoms. The summed E-state index contributed by atoms with van der Waals surface area (Å²) >= 11 is 0. The molecule has 1 aliphatic carbocycles. The monoisotopic (exact) mass is 257 g/mol. The van der Waals surface area contributed by atoms with Crippen molar-refractivity contribution in [3.05, 3.63) is 35.6 Å². The second kappa shape index (κ2) is 5.38. The Morgan fingerprint density at radius 2 is 2.16 bits per heavy atom. The maximum absolute atomic E-state index is 6.02. The van der Waals surface area contributed by atoms with Crippen LogP contribution >= 0.6 is 0 Å². The van der Waals surface area contributed by atoms with E-state index in [9.17, 15) is 0 Å². The van der Waals surface area contributed by atoms with Crippen LogP contribution in [0.1, 0.15) is 50.0 Å². The zero-order valence-electron chi connectivity index (χ0n) is 11.9. The number of furan rings is 1. The van der Waals surface area contributed by atoms with Gasteiger partial charge in [-0.2, -0.15) is 0 Å². The highest BCUT2D eigenvalue weighted by Gasteiger charge is 2.33. The van der Waals surface area contributed by atoms with E-state index in [0.717, 1.165) is 17.3 Å². The van der Waals surface area contributed by atoms with Crippen molar-refractivity contribution in [2.24, 2.45) is 5.92 Å². The first-order valence-corrected chi connectivity index (χ1v) is 7.51. The minimum atomic E-state index is 0.395. The minimum absolute atomic E-state index is 0.395. The van der Waals surface area contributed by atoms with Gasteiger partial charge >= 0.3 is 0 Å². The Bertz CT molecular complexity index is 553. The summed E-state index contributed by atoms with van der Waals surface area (Å²) in [5.41, 5.74) is 2.45. The predicted molar refractivity (Wildman–Crippen MR) is 79.4 cm³/mol. The zero-order chi connectivity index (χ0) is 13.2. The number of rotatable bonds is 6. The van der Waals surface area contributed by atoms with Crippen LogP contribution in [-0.4, -0.2) is 7.05 Å². The largest absolute Gasteiger partial charge is 0.459 e. The molecule has 1 unspecified atom stereocenters. The van der Waals surface area contributed by atoms with E-state index >= 15 is 0 Å². The lowest BCUT2D eigenvalue weighted by molar-refractivity contribution is 0.419. The van der Waals surface area contributed by atoms with Crippen LogP contribution in [0.2, 0.25) is 0 Å². The molecule has 3 rings (SSSR count). The third-order valence-electron chi connectivity index (χ3n) is 4.13. The van der Waals surface area contributed by atoms with Gasteiger partial charge in [0.1, 0.15) is 11.3 Å². The lowest BCUT2D eigenvalue weighted by Gasteiger charge is -2.11. The molecule has 0 amide bonds. The molecule has 1 aromatic carbocycles. The van der Waals surface area contributed by atoms with Gasteiger partial charge in [0.05, 0.1) is 6.04 Å². The van der Waals surface area contributed by atoms with E-state index in [1.807, 2.05) is 7.05 Å². The maximum atomic E-state index is 6.02. The molecule has 1 atom stereocenters. The number of fused-ring (bicyclic) bond motifs is 1. The van der Waals surface area contributed by atoms with Gasteiger partial charge < -0.3 is 9.73 Å². The fourth-order valence-electron chi connectivity index (χ4n) is 2.84. The zero-order valence-corrected chi connectivity index (χ0v) is 11.9. The van der Waals surface area contributed by atoms with E-state index in [1.165, 1.54) is 43.1 Å². The molecule has 0 aliphatic heterocycles. The van der Waals surface area contributed by atoms with E-state index in [1.54, 1.807) is 0 Å². The molecule has 0 radical (unpaired) electrons. The average molecular weight is 257 g/mol. The lowest BCUT2D eigenvalue weighted by Crippen LogP contribution is -2.17. The Kier molecular flexibility index (Phi) is 3.61. The van der Waals surface area contributed by atoms with Gasteiger partial charge in [-0.1, -0.05) is 19.4 Å². The summed E-state index contributed by atoms with van der Waals surface area (Å²) in [7, 11) is 2.03. The fraction of sp³-hybridized carbons (Fsp3) is 0.529. The summed E-state index contributed by atoms with van der Waals surface area (Å²) < 4.78 is 6.02. The Balaban J connectivity index is 1.87. The molecule has 102 valence electrons. The second-order valence-corrected chi connectivity index (χ2v) is 5.73. The van der Waals surface area contributed by atoms with Gasteiger partial charge in [-0.3, -0.25) is 0 Å². The Hall–Kier alpha value is -1.28. The summed E-state index contributed by atoms with van der Waals surface area (Å²) in [6.07, 6.45) is 6.33. The molecule has 1 aromatic heterocycles. The van der Waals surface area contributed by atoms with Crippen molar-refractivity contribution in [1.29, 1.82) is 0 Å². The van der Waals surface area contributed by atoms with Crippen LogP contribution in [0.15, 0.2) is 28.7 Å². The van der Waals surface area contributed by atoms with E-state index in [2.05, 4.69) is 36.5 Å². The molecule has 2 aromatic rings. The number of hydrogen-bond acceptors (Lipinski definition) is 2. The molecule has 0 spiro atoms. The van der Waals surface area contributed by atoms with Crippen LogP contribution in [0, 0.1) is 5.92 Å². The summed E-state index contributed by atoms with van der Waals surface area (Å²) in [5.74, 6) is 1.87. The minimum Gasteiger partial charge on any atom is -0.459 e. The molecule has 1 fully saturated rings. The molecule has 19 heavy (non-hydrogen) atoms. The van der Waals surface area contributed by atoms with Gasteiger partial charge in [0.15, 0.2) is 0 Å². The van der Waals surface area contributed by atoms with Crippen LogP contribution in [0.5, 0.6) is 0 Å². The molecule has 1 N–H and O–H groups in total. The van der Waals surface area contributed by atoms with E-state index in [-0.39, 0.29) is 0 Å². The van der Waals surface area contributed by atoms with Gasteiger partial charge in [0.25, 0.3) is 0 Å². The number of benzene rings is 1. The SMILES string of the molecule is CCCCc1ccc2oc(C(NC)C3CC3)cc2c1. The van der Waals surface area contributed by atoms with Crippen molar-refractivity contribution in [3.8, 4) is 0 Å². The molecule has 1 saturated carbocycles. The second-order valence-electron chi connectivity index (χ2n) is 5.73. The molecule has 0 saturated heterocycles. The Morgan fingerprint density at radius 3 is 2.84 bits per heavy atom. The van der Waals surface area contributed by atoms with Gasteiger partial charge in [-0.15, -0.1) is 0 Å². The first kappa shape index (κ1) is 12.7. The molecular weight excluding hydrogens is 234 g/mol. The van der Waals surface area contributed by atoms with Crippen molar-refractivity contribution >= 4 is 11.0 Å². The third-order valence-corrected chi connectivity index (χ3v) is 4.13. The van der Waals surface area contributed by atoms with Crippen molar-refractivity contribution in [3.63, 3.8) is 0 Å². The van der Waals surface area contributed by atoms with Crippen LogP contribution in [-0.2, 0) is 6.42 Å². The molecule has 1 heterocycles. The van der Waals surface area contributed by atoms with Crippen molar-refractivity contribution in [2.75, 3.05) is 7.05 Å². The summed E-state index contributed by atoms with van der Waals surface area (Å²) in [6, 6.07) is 9.24. The van der Waals surface area contributed by atoms with Gasteiger partial charge in [-0.25, -0.2) is 0 Å². The van der Waals surface area contributed by atoms with Gasteiger partial charge in [0.2, 0.25) is 0 Å². The van der Waals surface area contributed by atoms with E-state index < -0.39 is 0 Å². The first-order chi connectivity index (χ1) is 9.31. The van der Waals surface area contributed by atoms with Crippen molar-refractivity contribution in [1.82, 2.24) is 5.32 Å². The standard InChI is InChI=1S/C17H23NO/c1-3-4-5-12-6-9-15-14(10-12)11-16(19-15)17(18-2)13-7-8-13/h6,9-11,13,17-18H,3-5,7-8H2,1-2H3. The molecular formula is C17H23NO. The van der Waals surface area contributed by atoms with Gasteiger partial charge in [0, 0.05) is 5.39 Å². The van der Waals surface area contributed by atoms with Crippen molar-refractivity contribution in [2.45, 2.75) is 45.1 Å². The Morgan fingerprint density at radius 1 is 1.32 bits per heavy atom. The number of nitrogens with one attached hydrogen (secondary N) is 1. The summed E-state index contributed by atoms with van der Waals surface area (Å²) in [5, 5.41) is 4.65. The van der Waals surface area contributed by atoms with Crippen LogP contribution in [0.25, 0.3) is 11.0 Å².